The summed E-state index contributed by atoms with van der Waals surface area (Å²) in [6.45, 7) is 2.92. The number of fused-ring (bicyclic) bond motifs is 1. The molecule has 1 aliphatic heterocycles. The van der Waals surface area contributed by atoms with Gasteiger partial charge in [0.2, 0.25) is 5.91 Å². The minimum Gasteiger partial charge on any atom is -0.508 e. The third-order valence-corrected chi connectivity index (χ3v) is 4.95. The van der Waals surface area contributed by atoms with Crippen molar-refractivity contribution in [1.82, 2.24) is 0 Å². The molecule has 4 rings (SSSR count). The van der Waals surface area contributed by atoms with Gasteiger partial charge in [-0.1, -0.05) is 0 Å². The van der Waals surface area contributed by atoms with Gasteiger partial charge in [0.25, 0.3) is 0 Å². The number of carbonyl (C=O) groups is 1. The zero-order valence-electron chi connectivity index (χ0n) is 15.0. The Morgan fingerprint density at radius 1 is 1.15 bits per heavy atom. The van der Waals surface area contributed by atoms with Gasteiger partial charge in [0.05, 0.1) is 0 Å². The number of amides is 1. The van der Waals surface area contributed by atoms with Crippen LogP contribution in [0, 0.1) is 6.92 Å². The highest BCUT2D eigenvalue weighted by Gasteiger charge is 2.21. The fraction of sp³-hybridized carbons (Fsp3) is 0.238. The maximum atomic E-state index is 11.9. The predicted octanol–water partition coefficient (Wildman–Crippen LogP) is 3.55. The number of rotatable bonds is 4. The molecule has 0 unspecified atom stereocenters. The van der Waals surface area contributed by atoms with Crippen molar-refractivity contribution in [2.45, 2.75) is 26.3 Å². The molecule has 2 N–H and O–H groups in total. The summed E-state index contributed by atoms with van der Waals surface area (Å²) >= 11 is 0. The second-order valence-electron chi connectivity index (χ2n) is 6.73. The molecule has 6 heteroatoms. The second-order valence-corrected chi connectivity index (χ2v) is 6.73. The van der Waals surface area contributed by atoms with Crippen LogP contribution >= 0.6 is 0 Å². The summed E-state index contributed by atoms with van der Waals surface area (Å²) in [4.78, 5) is 25.5. The molecule has 1 fully saturated rings. The van der Waals surface area contributed by atoms with E-state index in [2.05, 4.69) is 5.32 Å². The van der Waals surface area contributed by atoms with Crippen LogP contribution in [0.1, 0.15) is 24.0 Å². The van der Waals surface area contributed by atoms with E-state index in [1.165, 1.54) is 6.07 Å². The molecule has 0 aliphatic carbocycles. The number of anilines is 2. The highest BCUT2D eigenvalue weighted by molar-refractivity contribution is 5.95. The zero-order valence-corrected chi connectivity index (χ0v) is 15.0. The maximum absolute atomic E-state index is 11.9. The van der Waals surface area contributed by atoms with E-state index in [9.17, 15) is 14.7 Å². The highest BCUT2D eigenvalue weighted by Crippen LogP contribution is 2.28. The number of carbonyl (C=O) groups excluding carboxylic acids is 1. The molecule has 1 aliphatic rings. The van der Waals surface area contributed by atoms with Gasteiger partial charge in [0.15, 0.2) is 0 Å². The SMILES string of the molecule is Cc1c(O)ccc2c(CNc3ccc(N4CCCC4=O)cc3)cc(=O)oc12. The minimum atomic E-state index is -0.448. The van der Waals surface area contributed by atoms with Gasteiger partial charge in [0, 0.05) is 47.9 Å². The van der Waals surface area contributed by atoms with E-state index in [-0.39, 0.29) is 11.7 Å². The molecule has 0 atom stereocenters. The van der Waals surface area contributed by atoms with Gasteiger partial charge in [-0.25, -0.2) is 4.79 Å². The quantitative estimate of drug-likeness (QED) is 0.692. The van der Waals surface area contributed by atoms with Gasteiger partial charge in [-0.3, -0.25) is 4.79 Å². The van der Waals surface area contributed by atoms with Crippen molar-refractivity contribution in [2.75, 3.05) is 16.8 Å². The van der Waals surface area contributed by atoms with Crippen LogP contribution in [0.4, 0.5) is 11.4 Å². The summed E-state index contributed by atoms with van der Waals surface area (Å²) < 4.78 is 5.27. The molecule has 138 valence electrons. The monoisotopic (exact) mass is 364 g/mol. The standard InChI is InChI=1S/C21H20N2O4/c1-13-18(24)9-8-17-14(11-20(26)27-21(13)17)12-22-15-4-6-16(7-5-15)23-10-2-3-19(23)25/h4-9,11,22,24H,2-3,10,12H2,1H3. The summed E-state index contributed by atoms with van der Waals surface area (Å²) in [6.07, 6.45) is 1.51. The number of aromatic hydroxyl groups is 1. The summed E-state index contributed by atoms with van der Waals surface area (Å²) in [5.74, 6) is 0.264. The molecule has 6 nitrogen and oxygen atoms in total. The van der Waals surface area contributed by atoms with Crippen LogP contribution in [-0.4, -0.2) is 17.6 Å². The molecule has 0 spiro atoms. The fourth-order valence-electron chi connectivity index (χ4n) is 3.44. The number of phenols is 1. The fourth-order valence-corrected chi connectivity index (χ4v) is 3.44. The molecular formula is C21H20N2O4. The predicted molar refractivity (Wildman–Crippen MR) is 104 cm³/mol. The van der Waals surface area contributed by atoms with Crippen molar-refractivity contribution in [3.8, 4) is 5.75 Å². The number of phenolic OH excluding ortho intramolecular Hbond substituents is 1. The van der Waals surface area contributed by atoms with E-state index in [0.717, 1.165) is 35.3 Å². The zero-order chi connectivity index (χ0) is 19.0. The maximum Gasteiger partial charge on any atom is 0.336 e. The normalized spacial score (nSPS) is 14.1. The van der Waals surface area contributed by atoms with Crippen LogP contribution in [-0.2, 0) is 11.3 Å². The van der Waals surface area contributed by atoms with E-state index in [1.54, 1.807) is 24.0 Å². The van der Waals surface area contributed by atoms with Gasteiger partial charge in [0.1, 0.15) is 11.3 Å². The summed E-state index contributed by atoms with van der Waals surface area (Å²) in [5.41, 5.74) is 3.09. The molecule has 1 aromatic heterocycles. The molecule has 2 aromatic carbocycles. The molecule has 1 amide bonds. The number of hydrogen-bond acceptors (Lipinski definition) is 5. The average molecular weight is 364 g/mol. The number of nitrogens with zero attached hydrogens (tertiary/aromatic N) is 1. The Morgan fingerprint density at radius 2 is 1.93 bits per heavy atom. The first-order valence-electron chi connectivity index (χ1n) is 8.92. The molecular weight excluding hydrogens is 344 g/mol. The molecule has 3 aromatic rings. The van der Waals surface area contributed by atoms with Crippen LogP contribution in [0.3, 0.4) is 0 Å². The van der Waals surface area contributed by atoms with Gasteiger partial charge in [-0.15, -0.1) is 0 Å². The Balaban J connectivity index is 1.56. The molecule has 0 bridgehead atoms. The van der Waals surface area contributed by atoms with Gasteiger partial charge in [-0.2, -0.15) is 0 Å². The minimum absolute atomic E-state index is 0.0998. The van der Waals surface area contributed by atoms with Crippen LogP contribution < -0.4 is 15.8 Å². The van der Waals surface area contributed by atoms with E-state index in [0.29, 0.717) is 24.1 Å². The largest absolute Gasteiger partial charge is 0.508 e. The summed E-state index contributed by atoms with van der Waals surface area (Å²) in [7, 11) is 0. The van der Waals surface area contributed by atoms with Crippen molar-refractivity contribution in [1.29, 1.82) is 0 Å². The van der Waals surface area contributed by atoms with Gasteiger partial charge < -0.3 is 19.7 Å². The van der Waals surface area contributed by atoms with Crippen LogP contribution in [0.25, 0.3) is 11.0 Å². The molecule has 27 heavy (non-hydrogen) atoms. The van der Waals surface area contributed by atoms with Crippen LogP contribution in [0.5, 0.6) is 5.75 Å². The Kier molecular flexibility index (Phi) is 4.32. The van der Waals surface area contributed by atoms with Crippen molar-refractivity contribution in [2.24, 2.45) is 0 Å². The van der Waals surface area contributed by atoms with Crippen LogP contribution in [0.2, 0.25) is 0 Å². The Labute approximate surface area is 156 Å². The first-order chi connectivity index (χ1) is 13.0. The van der Waals surface area contributed by atoms with Gasteiger partial charge in [-0.05, 0) is 55.3 Å². The number of benzene rings is 2. The first-order valence-corrected chi connectivity index (χ1v) is 8.92. The lowest BCUT2D eigenvalue weighted by molar-refractivity contribution is -0.117. The third-order valence-electron chi connectivity index (χ3n) is 4.95. The lowest BCUT2D eigenvalue weighted by Crippen LogP contribution is -2.23. The van der Waals surface area contributed by atoms with Crippen molar-refractivity contribution >= 4 is 28.3 Å². The number of hydrogen-bond donors (Lipinski definition) is 2. The van der Waals surface area contributed by atoms with E-state index >= 15 is 0 Å². The molecule has 0 radical (unpaired) electrons. The molecule has 0 saturated carbocycles. The number of aryl methyl sites for hydroxylation is 1. The summed E-state index contributed by atoms with van der Waals surface area (Å²) in [6, 6.07) is 12.5. The van der Waals surface area contributed by atoms with E-state index in [1.807, 2.05) is 24.3 Å². The van der Waals surface area contributed by atoms with E-state index in [4.69, 9.17) is 4.42 Å². The highest BCUT2D eigenvalue weighted by atomic mass is 16.4. The topological polar surface area (TPSA) is 82.8 Å². The lowest BCUT2D eigenvalue weighted by Gasteiger charge is -2.16. The Bertz CT molecular complexity index is 1070. The molecule has 2 heterocycles. The van der Waals surface area contributed by atoms with Crippen molar-refractivity contribution in [3.63, 3.8) is 0 Å². The smallest absolute Gasteiger partial charge is 0.336 e. The second kappa shape index (κ2) is 6.79. The lowest BCUT2D eigenvalue weighted by atomic mass is 10.1. The Hall–Kier alpha value is -3.28. The summed E-state index contributed by atoms with van der Waals surface area (Å²) in [5, 5.41) is 13.9. The van der Waals surface area contributed by atoms with E-state index < -0.39 is 5.63 Å². The third kappa shape index (κ3) is 3.26. The van der Waals surface area contributed by atoms with Crippen molar-refractivity contribution < 1.29 is 14.3 Å². The average Bonchev–Trinajstić information content (AvgIpc) is 3.09. The van der Waals surface area contributed by atoms with Crippen molar-refractivity contribution in [3.05, 3.63) is 64.0 Å². The van der Waals surface area contributed by atoms with Crippen LogP contribution in [0.15, 0.2) is 51.7 Å². The first kappa shape index (κ1) is 17.1. The van der Waals surface area contributed by atoms with Gasteiger partial charge >= 0.3 is 5.63 Å². The molecule has 1 saturated heterocycles. The Morgan fingerprint density at radius 3 is 2.63 bits per heavy atom. The number of nitrogens with one attached hydrogen (secondary N) is 1.